The van der Waals surface area contributed by atoms with Gasteiger partial charge in [-0.3, -0.25) is 0 Å². The van der Waals surface area contributed by atoms with E-state index in [1.54, 1.807) is 6.20 Å². The molecule has 3 rings (SSSR count). The number of hydrogen-bond donors (Lipinski definition) is 1. The molecule has 1 aliphatic heterocycles. The molecule has 2 fully saturated rings. The van der Waals surface area contributed by atoms with E-state index in [1.165, 1.54) is 18.9 Å². The van der Waals surface area contributed by atoms with E-state index in [0.717, 1.165) is 32.5 Å². The number of hydrogen-bond acceptors (Lipinski definition) is 3. The van der Waals surface area contributed by atoms with Crippen LogP contribution in [0.2, 0.25) is 0 Å². The normalized spacial score (nSPS) is 23.4. The molecule has 1 saturated carbocycles. The number of piperidine rings is 1. The Hall–Kier alpha value is -0.680. The molecule has 2 aliphatic rings. The van der Waals surface area contributed by atoms with Gasteiger partial charge in [0.05, 0.1) is 0 Å². The van der Waals surface area contributed by atoms with Crippen molar-refractivity contribution < 1.29 is 4.39 Å². The lowest BCUT2D eigenvalue weighted by molar-refractivity contribution is 0.374. The lowest BCUT2D eigenvalue weighted by atomic mass is 9.99. The van der Waals surface area contributed by atoms with Crippen molar-refractivity contribution in [1.29, 1.82) is 0 Å². The Morgan fingerprint density at radius 3 is 2.89 bits per heavy atom. The van der Waals surface area contributed by atoms with Crippen LogP contribution in [-0.4, -0.2) is 30.7 Å². The van der Waals surface area contributed by atoms with Crippen LogP contribution in [0.1, 0.15) is 25.7 Å². The summed E-state index contributed by atoms with van der Waals surface area (Å²) in [6, 6.07) is 2.00. The number of aromatic nitrogens is 1. The molecule has 19 heavy (non-hydrogen) atoms. The van der Waals surface area contributed by atoms with Crippen molar-refractivity contribution in [3.8, 4) is 0 Å². The van der Waals surface area contributed by atoms with Gasteiger partial charge in [0.1, 0.15) is 0 Å². The molecule has 104 valence electrons. The van der Waals surface area contributed by atoms with E-state index in [1.807, 2.05) is 0 Å². The highest BCUT2D eigenvalue weighted by Crippen LogP contribution is 2.33. The Labute approximate surface area is 121 Å². The Bertz CT molecular complexity index is 444. The van der Waals surface area contributed by atoms with Crippen molar-refractivity contribution in [1.82, 2.24) is 10.3 Å². The molecular formula is C14H19BrFN3. The zero-order valence-corrected chi connectivity index (χ0v) is 12.5. The molecule has 1 aromatic heterocycles. The highest BCUT2D eigenvalue weighted by Gasteiger charge is 2.33. The predicted molar refractivity (Wildman–Crippen MR) is 77.9 cm³/mol. The number of anilines is 1. The number of pyridine rings is 1. The zero-order chi connectivity index (χ0) is 13.2. The average Bonchev–Trinajstić information content (AvgIpc) is 3.22. The molecule has 1 atom stereocenters. The third kappa shape index (κ3) is 3.26. The molecule has 0 spiro atoms. The molecule has 1 saturated heterocycles. The van der Waals surface area contributed by atoms with Crippen LogP contribution >= 0.6 is 15.9 Å². The summed E-state index contributed by atoms with van der Waals surface area (Å²) in [5, 5.41) is 3.43. The first-order valence-electron chi connectivity index (χ1n) is 7.02. The van der Waals surface area contributed by atoms with Crippen LogP contribution in [-0.2, 0) is 0 Å². The summed E-state index contributed by atoms with van der Waals surface area (Å²) in [6.07, 6.45) is 6.47. The van der Waals surface area contributed by atoms with Gasteiger partial charge in [-0.2, -0.15) is 0 Å². The molecule has 1 aromatic rings. The fourth-order valence-electron chi connectivity index (χ4n) is 2.77. The topological polar surface area (TPSA) is 28.2 Å². The van der Waals surface area contributed by atoms with E-state index in [2.05, 4.69) is 31.1 Å². The van der Waals surface area contributed by atoms with E-state index in [0.29, 0.717) is 22.3 Å². The lowest BCUT2D eigenvalue weighted by Crippen LogP contribution is -2.40. The molecule has 1 aliphatic carbocycles. The lowest BCUT2D eigenvalue weighted by Gasteiger charge is -2.31. The molecule has 5 heteroatoms. The van der Waals surface area contributed by atoms with Gasteiger partial charge in [-0.25, -0.2) is 9.37 Å². The molecular weight excluding hydrogens is 309 g/mol. The fourth-order valence-corrected chi connectivity index (χ4v) is 3.07. The highest BCUT2D eigenvalue weighted by molar-refractivity contribution is 9.10. The van der Waals surface area contributed by atoms with Crippen LogP contribution < -0.4 is 10.2 Å². The number of nitrogens with one attached hydrogen (secondary N) is 1. The van der Waals surface area contributed by atoms with Gasteiger partial charge in [-0.05, 0) is 66.7 Å². The largest absolute Gasteiger partial charge is 0.351 e. The van der Waals surface area contributed by atoms with Gasteiger partial charge in [0.15, 0.2) is 11.6 Å². The van der Waals surface area contributed by atoms with Crippen molar-refractivity contribution >= 4 is 21.7 Å². The molecule has 2 heterocycles. The number of rotatable bonds is 4. The van der Waals surface area contributed by atoms with Crippen molar-refractivity contribution in [2.24, 2.45) is 5.92 Å². The first kappa shape index (κ1) is 13.3. The third-order valence-corrected chi connectivity index (χ3v) is 4.34. The minimum Gasteiger partial charge on any atom is -0.351 e. The minimum absolute atomic E-state index is 0.218. The molecule has 1 unspecified atom stereocenters. The fraction of sp³-hybridized carbons (Fsp3) is 0.643. The van der Waals surface area contributed by atoms with Crippen LogP contribution in [0.5, 0.6) is 0 Å². The van der Waals surface area contributed by atoms with E-state index in [-0.39, 0.29) is 5.82 Å². The van der Waals surface area contributed by atoms with E-state index in [4.69, 9.17) is 0 Å². The summed E-state index contributed by atoms with van der Waals surface area (Å²) in [5.41, 5.74) is 0. The number of nitrogens with zero attached hydrogens (tertiary/aromatic N) is 2. The summed E-state index contributed by atoms with van der Waals surface area (Å²) >= 11 is 3.27. The van der Waals surface area contributed by atoms with E-state index < -0.39 is 0 Å². The SMILES string of the molecule is Fc1cc(Br)cnc1N(CC1CCCNC1)C1CC1. The second-order valence-corrected chi connectivity index (χ2v) is 6.47. The maximum atomic E-state index is 14.1. The van der Waals surface area contributed by atoms with Crippen LogP contribution in [0.15, 0.2) is 16.7 Å². The maximum absolute atomic E-state index is 14.1. The van der Waals surface area contributed by atoms with Gasteiger partial charge in [0, 0.05) is 23.3 Å². The zero-order valence-electron chi connectivity index (χ0n) is 10.9. The summed E-state index contributed by atoms with van der Waals surface area (Å²) < 4.78 is 14.8. The first-order chi connectivity index (χ1) is 9.24. The highest BCUT2D eigenvalue weighted by atomic mass is 79.9. The molecule has 0 bridgehead atoms. The van der Waals surface area contributed by atoms with Crippen LogP contribution in [0.3, 0.4) is 0 Å². The second-order valence-electron chi connectivity index (χ2n) is 5.55. The van der Waals surface area contributed by atoms with Gasteiger partial charge in [-0.15, -0.1) is 0 Å². The molecule has 0 radical (unpaired) electrons. The first-order valence-corrected chi connectivity index (χ1v) is 7.82. The molecule has 3 nitrogen and oxygen atoms in total. The predicted octanol–water partition coefficient (Wildman–Crippen LogP) is 2.95. The van der Waals surface area contributed by atoms with Gasteiger partial charge < -0.3 is 10.2 Å². The molecule has 0 aromatic carbocycles. The summed E-state index contributed by atoms with van der Waals surface area (Å²) in [5.74, 6) is 0.917. The Balaban J connectivity index is 1.76. The van der Waals surface area contributed by atoms with Gasteiger partial charge in [0.25, 0.3) is 0 Å². The monoisotopic (exact) mass is 327 g/mol. The second kappa shape index (κ2) is 5.75. The summed E-state index contributed by atoms with van der Waals surface area (Å²) in [6.45, 7) is 3.08. The minimum atomic E-state index is -0.218. The average molecular weight is 328 g/mol. The van der Waals surface area contributed by atoms with E-state index in [9.17, 15) is 4.39 Å². The van der Waals surface area contributed by atoms with Crippen molar-refractivity contribution in [3.05, 3.63) is 22.6 Å². The van der Waals surface area contributed by atoms with Crippen LogP contribution in [0.25, 0.3) is 0 Å². The van der Waals surface area contributed by atoms with Crippen molar-refractivity contribution in [3.63, 3.8) is 0 Å². The smallest absolute Gasteiger partial charge is 0.166 e. The number of halogens is 2. The van der Waals surface area contributed by atoms with Gasteiger partial charge in [-0.1, -0.05) is 0 Å². The summed E-state index contributed by atoms with van der Waals surface area (Å²) in [7, 11) is 0. The van der Waals surface area contributed by atoms with Gasteiger partial charge >= 0.3 is 0 Å². The molecule has 1 N–H and O–H groups in total. The molecule has 0 amide bonds. The van der Waals surface area contributed by atoms with Gasteiger partial charge in [0.2, 0.25) is 0 Å². The van der Waals surface area contributed by atoms with Crippen molar-refractivity contribution in [2.75, 3.05) is 24.5 Å². The van der Waals surface area contributed by atoms with Crippen LogP contribution in [0.4, 0.5) is 10.2 Å². The van der Waals surface area contributed by atoms with Crippen molar-refractivity contribution in [2.45, 2.75) is 31.7 Å². The Kier molecular flexibility index (Phi) is 4.03. The standard InChI is InChI=1S/C14H19BrFN3/c15-11-6-13(16)14(18-8-11)19(12-3-4-12)9-10-2-1-5-17-7-10/h6,8,10,12,17H,1-5,7,9H2. The van der Waals surface area contributed by atoms with E-state index >= 15 is 0 Å². The Morgan fingerprint density at radius 2 is 2.26 bits per heavy atom. The van der Waals surface area contributed by atoms with Crippen LogP contribution in [0, 0.1) is 11.7 Å². The summed E-state index contributed by atoms with van der Waals surface area (Å²) in [4.78, 5) is 6.47. The third-order valence-electron chi connectivity index (χ3n) is 3.90. The Morgan fingerprint density at radius 1 is 1.42 bits per heavy atom. The quantitative estimate of drug-likeness (QED) is 0.921. The maximum Gasteiger partial charge on any atom is 0.166 e.